The number of unbranched alkanes of at least 4 members (excludes halogenated alkanes) is 1. The first-order valence-corrected chi connectivity index (χ1v) is 11.2. The predicted octanol–water partition coefficient (Wildman–Crippen LogP) is 3.12. The van der Waals surface area contributed by atoms with E-state index in [-0.39, 0.29) is 11.9 Å². The number of piperidine rings is 1. The lowest BCUT2D eigenvalue weighted by molar-refractivity contribution is -0.128. The molecule has 2 saturated heterocycles. The lowest BCUT2D eigenvalue weighted by Crippen LogP contribution is -2.37. The molecule has 0 bridgehead atoms. The molecule has 1 unspecified atom stereocenters. The average Bonchev–Trinajstić information content (AvgIpc) is 3.11. The van der Waals surface area contributed by atoms with Crippen molar-refractivity contribution in [3.63, 3.8) is 0 Å². The van der Waals surface area contributed by atoms with Crippen molar-refractivity contribution in [2.45, 2.75) is 58.5 Å². The van der Waals surface area contributed by atoms with Gasteiger partial charge in [0.05, 0.1) is 0 Å². The van der Waals surface area contributed by atoms with E-state index in [2.05, 4.69) is 28.5 Å². The molecular formula is C23H36N4O2. The fourth-order valence-corrected chi connectivity index (χ4v) is 4.33. The zero-order valence-electron chi connectivity index (χ0n) is 17.8. The lowest BCUT2D eigenvalue weighted by atomic mass is 10.0. The zero-order valence-corrected chi connectivity index (χ0v) is 17.8. The minimum Gasteiger partial charge on any atom is -0.338 e. The second kappa shape index (κ2) is 11.2. The van der Waals surface area contributed by atoms with E-state index < -0.39 is 0 Å². The Balaban J connectivity index is 1.29. The monoisotopic (exact) mass is 400 g/mol. The van der Waals surface area contributed by atoms with Gasteiger partial charge in [0, 0.05) is 39.1 Å². The van der Waals surface area contributed by atoms with Gasteiger partial charge in [0.15, 0.2) is 0 Å². The normalized spacial score (nSPS) is 20.1. The molecule has 3 amide bonds. The summed E-state index contributed by atoms with van der Waals surface area (Å²) in [5, 5.41) is 5.89. The second-order valence-electron chi connectivity index (χ2n) is 8.60. The number of rotatable bonds is 9. The van der Waals surface area contributed by atoms with Crippen LogP contribution in [0.2, 0.25) is 0 Å². The number of hydrogen-bond donors (Lipinski definition) is 2. The Kier molecular flexibility index (Phi) is 8.35. The van der Waals surface area contributed by atoms with E-state index in [4.69, 9.17) is 0 Å². The summed E-state index contributed by atoms with van der Waals surface area (Å²) in [6, 6.07) is 8.00. The summed E-state index contributed by atoms with van der Waals surface area (Å²) in [6.45, 7) is 8.64. The van der Waals surface area contributed by atoms with Crippen LogP contribution in [0.25, 0.3) is 0 Å². The number of urea groups is 1. The van der Waals surface area contributed by atoms with Crippen molar-refractivity contribution in [1.29, 1.82) is 0 Å². The van der Waals surface area contributed by atoms with Gasteiger partial charge in [-0.1, -0.05) is 31.2 Å². The van der Waals surface area contributed by atoms with Crippen LogP contribution < -0.4 is 10.6 Å². The highest BCUT2D eigenvalue weighted by atomic mass is 16.2. The molecular weight excluding hydrogens is 364 g/mol. The molecule has 2 fully saturated rings. The Morgan fingerprint density at radius 2 is 2.00 bits per heavy atom. The molecule has 6 heteroatoms. The standard InChI is InChI=1S/C23H36N4O2/c1-19-7-5-13-26(17-19)12-3-2-11-24-23(29)25-16-20-8-4-9-21(15-20)18-27-14-6-10-22(27)28/h4,8-9,15,19H,2-3,5-7,10-14,16-18H2,1H3,(H2,24,25,29). The first kappa shape index (κ1) is 21.6. The quantitative estimate of drug-likeness (QED) is 0.626. The zero-order chi connectivity index (χ0) is 20.5. The summed E-state index contributed by atoms with van der Waals surface area (Å²) in [6.07, 6.45) is 6.44. The number of benzene rings is 1. The third-order valence-corrected chi connectivity index (χ3v) is 5.92. The Morgan fingerprint density at radius 3 is 2.79 bits per heavy atom. The molecule has 1 aromatic rings. The predicted molar refractivity (Wildman–Crippen MR) is 115 cm³/mol. The SMILES string of the molecule is CC1CCCN(CCCCNC(=O)NCc2cccc(CN3CCCC3=O)c2)C1. The number of carbonyl (C=O) groups is 2. The van der Waals surface area contributed by atoms with E-state index in [9.17, 15) is 9.59 Å². The lowest BCUT2D eigenvalue weighted by Gasteiger charge is -2.30. The highest BCUT2D eigenvalue weighted by Gasteiger charge is 2.20. The van der Waals surface area contributed by atoms with Crippen LogP contribution in [-0.2, 0) is 17.9 Å². The molecule has 1 atom stereocenters. The van der Waals surface area contributed by atoms with Gasteiger partial charge in [-0.15, -0.1) is 0 Å². The van der Waals surface area contributed by atoms with Gasteiger partial charge in [-0.3, -0.25) is 4.79 Å². The van der Waals surface area contributed by atoms with Crippen LogP contribution in [0.5, 0.6) is 0 Å². The number of nitrogens with zero attached hydrogens (tertiary/aromatic N) is 2. The molecule has 0 aromatic heterocycles. The molecule has 0 saturated carbocycles. The highest BCUT2D eigenvalue weighted by molar-refractivity contribution is 5.78. The summed E-state index contributed by atoms with van der Waals surface area (Å²) in [5.41, 5.74) is 2.18. The number of likely N-dealkylation sites (tertiary alicyclic amines) is 2. The molecule has 0 aliphatic carbocycles. The molecule has 0 spiro atoms. The van der Waals surface area contributed by atoms with E-state index in [1.807, 2.05) is 23.1 Å². The second-order valence-corrected chi connectivity index (χ2v) is 8.60. The molecule has 2 aliphatic heterocycles. The van der Waals surface area contributed by atoms with Crippen molar-refractivity contribution in [1.82, 2.24) is 20.4 Å². The van der Waals surface area contributed by atoms with Crippen LogP contribution in [0.15, 0.2) is 24.3 Å². The Labute approximate surface area is 175 Å². The van der Waals surface area contributed by atoms with E-state index in [0.29, 0.717) is 26.1 Å². The Bertz CT molecular complexity index is 679. The van der Waals surface area contributed by atoms with Gasteiger partial charge < -0.3 is 20.4 Å². The number of hydrogen-bond acceptors (Lipinski definition) is 3. The summed E-state index contributed by atoms with van der Waals surface area (Å²) in [7, 11) is 0. The van der Waals surface area contributed by atoms with Crippen LogP contribution in [0.4, 0.5) is 4.79 Å². The minimum atomic E-state index is -0.114. The maximum atomic E-state index is 12.0. The molecule has 1 aromatic carbocycles. The topological polar surface area (TPSA) is 64.7 Å². The van der Waals surface area contributed by atoms with Crippen LogP contribution in [-0.4, -0.2) is 54.5 Å². The smallest absolute Gasteiger partial charge is 0.315 e. The first-order valence-electron chi connectivity index (χ1n) is 11.2. The van der Waals surface area contributed by atoms with Crippen molar-refractivity contribution >= 4 is 11.9 Å². The Hall–Kier alpha value is -2.08. The molecule has 6 nitrogen and oxygen atoms in total. The average molecular weight is 401 g/mol. The van der Waals surface area contributed by atoms with E-state index >= 15 is 0 Å². The van der Waals surface area contributed by atoms with Crippen molar-refractivity contribution < 1.29 is 9.59 Å². The largest absolute Gasteiger partial charge is 0.338 e. The Morgan fingerprint density at radius 1 is 1.14 bits per heavy atom. The van der Waals surface area contributed by atoms with Gasteiger partial charge in [0.2, 0.25) is 5.91 Å². The van der Waals surface area contributed by atoms with Gasteiger partial charge in [0.1, 0.15) is 0 Å². The summed E-state index contributed by atoms with van der Waals surface area (Å²) >= 11 is 0. The fraction of sp³-hybridized carbons (Fsp3) is 0.652. The molecule has 3 rings (SSSR count). The van der Waals surface area contributed by atoms with Crippen molar-refractivity contribution in [2.75, 3.05) is 32.7 Å². The van der Waals surface area contributed by atoms with E-state index in [0.717, 1.165) is 49.4 Å². The molecule has 2 N–H and O–H groups in total. The van der Waals surface area contributed by atoms with Gasteiger partial charge >= 0.3 is 6.03 Å². The maximum Gasteiger partial charge on any atom is 0.315 e. The van der Waals surface area contributed by atoms with Crippen LogP contribution in [0, 0.1) is 5.92 Å². The third-order valence-electron chi connectivity index (χ3n) is 5.92. The van der Waals surface area contributed by atoms with Crippen molar-refractivity contribution in [2.24, 2.45) is 5.92 Å². The van der Waals surface area contributed by atoms with Crippen molar-refractivity contribution in [3.05, 3.63) is 35.4 Å². The van der Waals surface area contributed by atoms with E-state index in [1.165, 1.54) is 25.9 Å². The first-order chi connectivity index (χ1) is 14.1. The molecule has 0 radical (unpaired) electrons. The maximum absolute atomic E-state index is 12.0. The van der Waals surface area contributed by atoms with Crippen molar-refractivity contribution in [3.8, 4) is 0 Å². The molecule has 29 heavy (non-hydrogen) atoms. The van der Waals surface area contributed by atoms with Crippen LogP contribution in [0.1, 0.15) is 56.6 Å². The fourth-order valence-electron chi connectivity index (χ4n) is 4.33. The van der Waals surface area contributed by atoms with Gasteiger partial charge in [-0.2, -0.15) is 0 Å². The minimum absolute atomic E-state index is 0.114. The van der Waals surface area contributed by atoms with Gasteiger partial charge in [-0.25, -0.2) is 4.79 Å². The molecule has 2 heterocycles. The summed E-state index contributed by atoms with van der Waals surface area (Å²) in [4.78, 5) is 28.3. The molecule has 2 aliphatic rings. The van der Waals surface area contributed by atoms with Crippen LogP contribution >= 0.6 is 0 Å². The number of nitrogens with one attached hydrogen (secondary N) is 2. The summed E-state index contributed by atoms with van der Waals surface area (Å²) < 4.78 is 0. The van der Waals surface area contributed by atoms with Crippen LogP contribution in [0.3, 0.4) is 0 Å². The number of carbonyl (C=O) groups excluding carboxylic acids is 2. The molecule has 160 valence electrons. The number of amides is 3. The van der Waals surface area contributed by atoms with Gasteiger partial charge in [0.25, 0.3) is 0 Å². The summed E-state index contributed by atoms with van der Waals surface area (Å²) in [5.74, 6) is 1.06. The highest BCUT2D eigenvalue weighted by Crippen LogP contribution is 2.16. The van der Waals surface area contributed by atoms with E-state index in [1.54, 1.807) is 0 Å². The van der Waals surface area contributed by atoms with Gasteiger partial charge in [-0.05, 0) is 62.2 Å². The third kappa shape index (κ3) is 7.35.